The van der Waals surface area contributed by atoms with Crippen LogP contribution in [0.4, 0.5) is 0 Å². The smallest absolute Gasteiger partial charge is 0.400 e. The lowest BCUT2D eigenvalue weighted by molar-refractivity contribution is 0.00578. The van der Waals surface area contributed by atoms with E-state index in [1.807, 2.05) is 0 Å². The van der Waals surface area contributed by atoms with Crippen molar-refractivity contribution in [1.82, 2.24) is 0 Å². The van der Waals surface area contributed by atoms with Crippen molar-refractivity contribution >= 4 is 20.4 Å². The molecule has 1 fully saturated rings. The van der Waals surface area contributed by atoms with E-state index in [4.69, 9.17) is 9.31 Å². The molecule has 1 atom stereocenters. The third-order valence-electron chi connectivity index (χ3n) is 7.02. The van der Waals surface area contributed by atoms with E-state index in [0.717, 1.165) is 24.4 Å². The number of aryl methyl sites for hydroxylation is 1. The molecule has 0 aromatic heterocycles. The average Bonchev–Trinajstić information content (AvgIpc) is 2.93. The third-order valence-corrected chi connectivity index (χ3v) is 10.4. The number of rotatable bonds is 8. The highest BCUT2D eigenvalue weighted by Crippen LogP contribution is 2.41. The van der Waals surface area contributed by atoms with Crippen molar-refractivity contribution in [1.29, 1.82) is 0 Å². The van der Waals surface area contributed by atoms with Crippen LogP contribution in [0.2, 0.25) is 19.1 Å². The van der Waals surface area contributed by atoms with E-state index < -0.39 is 8.07 Å². The first-order chi connectivity index (χ1) is 14.0. The lowest BCUT2D eigenvalue weighted by atomic mass is 9.71. The molecule has 1 saturated heterocycles. The summed E-state index contributed by atoms with van der Waals surface area (Å²) in [6.45, 7) is 17.9. The summed E-state index contributed by atoms with van der Waals surface area (Å²) < 4.78 is 12.7. The molecule has 0 amide bonds. The van der Waals surface area contributed by atoms with Crippen molar-refractivity contribution in [2.24, 2.45) is 5.92 Å². The summed E-state index contributed by atoms with van der Waals surface area (Å²) in [4.78, 5) is 0. The molecule has 1 heterocycles. The second-order valence-electron chi connectivity index (χ2n) is 10.3. The topological polar surface area (TPSA) is 18.5 Å². The van der Waals surface area contributed by atoms with E-state index in [9.17, 15) is 0 Å². The molecule has 30 heavy (non-hydrogen) atoms. The maximum absolute atomic E-state index is 6.37. The van der Waals surface area contributed by atoms with Gasteiger partial charge in [-0.15, -0.1) is 6.58 Å². The first kappa shape index (κ1) is 23.1. The third kappa shape index (κ3) is 5.16. The second-order valence-corrected chi connectivity index (χ2v) is 15.1. The quantitative estimate of drug-likeness (QED) is 0.485. The summed E-state index contributed by atoms with van der Waals surface area (Å²) in [5, 5.41) is 1.50. The number of benzene rings is 2. The van der Waals surface area contributed by atoms with Gasteiger partial charge in [0.25, 0.3) is 0 Å². The van der Waals surface area contributed by atoms with Crippen LogP contribution in [0.1, 0.15) is 39.7 Å². The largest absolute Gasteiger partial charge is 0.490 e. The molecule has 2 aromatic rings. The van der Waals surface area contributed by atoms with Gasteiger partial charge in [-0.05, 0) is 63.5 Å². The van der Waals surface area contributed by atoms with E-state index in [2.05, 4.69) is 108 Å². The molecule has 2 nitrogen and oxygen atoms in total. The van der Waals surface area contributed by atoms with Crippen LogP contribution in [-0.4, -0.2) is 26.4 Å². The van der Waals surface area contributed by atoms with Crippen molar-refractivity contribution in [3.63, 3.8) is 0 Å². The summed E-state index contributed by atoms with van der Waals surface area (Å²) >= 11 is 0. The zero-order valence-corrected chi connectivity index (χ0v) is 20.6. The molecular formula is C26H37BO2Si. The molecule has 0 radical (unpaired) electrons. The SMILES string of the molecule is C=C(B1OC(C)(C)C(C)(C)O1)[C@H](CCc1ccccc1)C[Si](C)(C)c1ccccc1. The summed E-state index contributed by atoms with van der Waals surface area (Å²) in [5.41, 5.74) is 1.80. The van der Waals surface area contributed by atoms with Crippen LogP contribution in [0, 0.1) is 5.92 Å². The van der Waals surface area contributed by atoms with Gasteiger partial charge in [0.1, 0.15) is 0 Å². The minimum atomic E-state index is -1.64. The van der Waals surface area contributed by atoms with Crippen LogP contribution in [0.3, 0.4) is 0 Å². The molecule has 3 rings (SSSR count). The van der Waals surface area contributed by atoms with Gasteiger partial charge in [0.2, 0.25) is 0 Å². The van der Waals surface area contributed by atoms with Crippen LogP contribution in [-0.2, 0) is 15.7 Å². The lowest BCUT2D eigenvalue weighted by Gasteiger charge is -2.32. The normalized spacial score (nSPS) is 18.9. The predicted octanol–water partition coefficient (Wildman–Crippen LogP) is 6.04. The highest BCUT2D eigenvalue weighted by atomic mass is 28.3. The summed E-state index contributed by atoms with van der Waals surface area (Å²) in [6.07, 6.45) is 2.11. The zero-order chi connectivity index (χ0) is 22.0. The summed E-state index contributed by atoms with van der Waals surface area (Å²) in [7, 11) is -1.97. The van der Waals surface area contributed by atoms with Crippen LogP contribution < -0.4 is 5.19 Å². The Balaban J connectivity index is 1.81. The molecule has 1 aliphatic rings. The van der Waals surface area contributed by atoms with Crippen molar-refractivity contribution in [2.75, 3.05) is 0 Å². The van der Waals surface area contributed by atoms with Gasteiger partial charge >= 0.3 is 7.12 Å². The molecule has 0 bridgehead atoms. The van der Waals surface area contributed by atoms with Gasteiger partial charge in [-0.3, -0.25) is 0 Å². The first-order valence-electron chi connectivity index (χ1n) is 11.2. The minimum Gasteiger partial charge on any atom is -0.400 e. The van der Waals surface area contributed by atoms with Crippen molar-refractivity contribution < 1.29 is 9.31 Å². The zero-order valence-electron chi connectivity index (χ0n) is 19.6. The van der Waals surface area contributed by atoms with E-state index in [-0.39, 0.29) is 18.3 Å². The molecule has 0 unspecified atom stereocenters. The molecule has 1 aliphatic heterocycles. The molecule has 0 N–H and O–H groups in total. The Hall–Kier alpha value is -1.62. The van der Waals surface area contributed by atoms with Crippen LogP contribution >= 0.6 is 0 Å². The standard InChI is InChI=1S/C26H37BO2Si/c1-21(27-28-25(2,3)26(4,5)29-27)23(19-18-22-14-10-8-11-15-22)20-30(6,7)24-16-12-9-13-17-24/h8-17,23H,1,18-20H2,2-7H3/t23-/m1/s1. The van der Waals surface area contributed by atoms with Gasteiger partial charge in [-0.2, -0.15) is 0 Å². The fourth-order valence-corrected chi connectivity index (χ4v) is 7.24. The summed E-state index contributed by atoms with van der Waals surface area (Å²) in [6, 6.07) is 22.9. The molecule has 4 heteroatoms. The summed E-state index contributed by atoms with van der Waals surface area (Å²) in [5.74, 6) is 0.363. The number of hydrogen-bond donors (Lipinski definition) is 0. The lowest BCUT2D eigenvalue weighted by Crippen LogP contribution is -2.44. The molecule has 160 valence electrons. The van der Waals surface area contributed by atoms with E-state index in [1.54, 1.807) is 0 Å². The maximum atomic E-state index is 6.37. The Morgan fingerprint density at radius 3 is 1.93 bits per heavy atom. The highest BCUT2D eigenvalue weighted by Gasteiger charge is 2.53. The molecule has 0 saturated carbocycles. The van der Waals surface area contributed by atoms with Crippen molar-refractivity contribution in [3.05, 3.63) is 78.3 Å². The van der Waals surface area contributed by atoms with Gasteiger partial charge < -0.3 is 9.31 Å². The van der Waals surface area contributed by atoms with Crippen LogP contribution in [0.5, 0.6) is 0 Å². The Bertz CT molecular complexity index is 830. The van der Waals surface area contributed by atoms with Crippen LogP contribution in [0.15, 0.2) is 72.7 Å². The van der Waals surface area contributed by atoms with Crippen LogP contribution in [0.25, 0.3) is 0 Å². The Morgan fingerprint density at radius 1 is 0.900 bits per heavy atom. The van der Waals surface area contributed by atoms with Crippen molar-refractivity contribution in [3.8, 4) is 0 Å². The Labute approximate surface area is 184 Å². The van der Waals surface area contributed by atoms with E-state index >= 15 is 0 Å². The average molecular weight is 420 g/mol. The fourth-order valence-electron chi connectivity index (χ4n) is 4.21. The Kier molecular flexibility index (Phi) is 6.81. The second kappa shape index (κ2) is 8.86. The number of hydrogen-bond acceptors (Lipinski definition) is 2. The molecule has 2 aromatic carbocycles. The predicted molar refractivity (Wildman–Crippen MR) is 132 cm³/mol. The van der Waals surface area contributed by atoms with Gasteiger partial charge in [0, 0.05) is 0 Å². The molecule has 0 spiro atoms. The first-order valence-corrected chi connectivity index (χ1v) is 14.4. The highest BCUT2D eigenvalue weighted by molar-refractivity contribution is 6.89. The van der Waals surface area contributed by atoms with Gasteiger partial charge in [0.05, 0.1) is 19.3 Å². The molecule has 0 aliphatic carbocycles. The van der Waals surface area contributed by atoms with E-state index in [1.165, 1.54) is 10.8 Å². The monoisotopic (exact) mass is 420 g/mol. The van der Waals surface area contributed by atoms with Gasteiger partial charge in [-0.1, -0.05) is 78.9 Å². The fraction of sp³-hybridized carbons (Fsp3) is 0.462. The Morgan fingerprint density at radius 2 is 1.40 bits per heavy atom. The van der Waals surface area contributed by atoms with Gasteiger partial charge in [-0.25, -0.2) is 0 Å². The number of allylic oxidation sites excluding steroid dienone is 1. The van der Waals surface area contributed by atoms with E-state index in [0.29, 0.717) is 5.92 Å². The minimum absolute atomic E-state index is 0.336. The maximum Gasteiger partial charge on any atom is 0.490 e. The molecular weight excluding hydrogens is 383 g/mol. The van der Waals surface area contributed by atoms with Gasteiger partial charge in [0.15, 0.2) is 0 Å². The van der Waals surface area contributed by atoms with Crippen molar-refractivity contribution in [2.45, 2.75) is 70.9 Å².